The van der Waals surface area contributed by atoms with E-state index in [0.29, 0.717) is 39.2 Å². The van der Waals surface area contributed by atoms with Crippen molar-refractivity contribution >= 4 is 29.2 Å². The fourth-order valence-corrected chi connectivity index (χ4v) is 5.62. The number of aromatic amines is 1. The fraction of sp³-hybridized carbons (Fsp3) is 0.212. The minimum absolute atomic E-state index is 0. The van der Waals surface area contributed by atoms with Gasteiger partial charge < -0.3 is 20.5 Å². The molecule has 3 heterocycles. The molecule has 1 saturated heterocycles. The van der Waals surface area contributed by atoms with Crippen molar-refractivity contribution in [3.63, 3.8) is 0 Å². The van der Waals surface area contributed by atoms with Crippen LogP contribution in [0.2, 0.25) is 0 Å². The van der Waals surface area contributed by atoms with Gasteiger partial charge in [-0.15, -0.1) is 0 Å². The maximum absolute atomic E-state index is 14.8. The summed E-state index contributed by atoms with van der Waals surface area (Å²) in [5.41, 5.74) is 5.53. The van der Waals surface area contributed by atoms with Crippen LogP contribution in [0, 0.1) is 5.82 Å². The summed E-state index contributed by atoms with van der Waals surface area (Å²) >= 11 is 0. The molecule has 0 bridgehead atoms. The molecule has 2 aliphatic rings. The SMILES string of the molecule is C.CN(C(=O)c1c[nH]c(/C=C2\C(=O)Nc3cccc(-c4ccccc4F)c32)c1-c1ccccc1)C1CCNCC1. The average Bonchev–Trinajstić information content (AvgIpc) is 3.54. The van der Waals surface area contributed by atoms with E-state index >= 15 is 0 Å². The maximum Gasteiger partial charge on any atom is 0.256 e. The Morgan fingerprint density at radius 3 is 2.38 bits per heavy atom. The number of rotatable bonds is 5. The lowest BCUT2D eigenvalue weighted by Crippen LogP contribution is -2.44. The number of carbonyl (C=O) groups excluding carboxylic acids is 2. The summed E-state index contributed by atoms with van der Waals surface area (Å²) in [6.07, 6.45) is 5.31. The molecule has 2 amide bonds. The number of fused-ring (bicyclic) bond motifs is 1. The number of nitrogens with one attached hydrogen (secondary N) is 3. The minimum Gasteiger partial charge on any atom is -0.360 e. The Labute approximate surface area is 233 Å². The summed E-state index contributed by atoms with van der Waals surface area (Å²) in [6.45, 7) is 1.77. The van der Waals surface area contributed by atoms with Gasteiger partial charge in [0.25, 0.3) is 11.8 Å². The number of piperidine rings is 1. The Morgan fingerprint density at radius 1 is 0.925 bits per heavy atom. The first-order valence-electron chi connectivity index (χ1n) is 13.2. The number of anilines is 1. The largest absolute Gasteiger partial charge is 0.360 e. The normalized spacial score (nSPS) is 15.8. The Kier molecular flexibility index (Phi) is 7.67. The van der Waals surface area contributed by atoms with Crippen LogP contribution in [-0.2, 0) is 4.79 Å². The van der Waals surface area contributed by atoms with E-state index in [1.165, 1.54) is 6.07 Å². The molecule has 40 heavy (non-hydrogen) atoms. The topological polar surface area (TPSA) is 77.2 Å². The minimum atomic E-state index is -0.358. The van der Waals surface area contributed by atoms with Crippen molar-refractivity contribution in [3.8, 4) is 22.3 Å². The van der Waals surface area contributed by atoms with Gasteiger partial charge in [0.15, 0.2) is 0 Å². The molecular formula is C33H33FN4O2. The summed E-state index contributed by atoms with van der Waals surface area (Å²) in [7, 11) is 1.86. The van der Waals surface area contributed by atoms with E-state index in [2.05, 4.69) is 15.6 Å². The first-order valence-corrected chi connectivity index (χ1v) is 13.2. The summed E-state index contributed by atoms with van der Waals surface area (Å²) < 4.78 is 14.8. The third-order valence-electron chi connectivity index (χ3n) is 7.66. The summed E-state index contributed by atoms with van der Waals surface area (Å²) in [5.74, 6) is -0.699. The Morgan fingerprint density at radius 2 is 1.62 bits per heavy atom. The first-order chi connectivity index (χ1) is 19.0. The van der Waals surface area contributed by atoms with Crippen molar-refractivity contribution < 1.29 is 14.0 Å². The maximum atomic E-state index is 14.8. The number of nitrogens with zero attached hydrogens (tertiary/aromatic N) is 1. The number of benzene rings is 3. The molecule has 0 unspecified atom stereocenters. The van der Waals surface area contributed by atoms with E-state index in [1.807, 2.05) is 54.4 Å². The number of H-pyrrole nitrogens is 1. The molecule has 0 radical (unpaired) electrons. The monoisotopic (exact) mass is 536 g/mol. The highest BCUT2D eigenvalue weighted by molar-refractivity contribution is 6.36. The standard InChI is InChI=1S/C32H29FN4O2.CH4/c1-37(21-14-16-34-17-15-21)32(39)25-19-35-28(29(25)20-8-3-2-4-9-20)18-24-30-23(22-10-5-6-12-26(22)33)11-7-13-27(30)36-31(24)38;/h2-13,18-19,21,34-35H,14-17H2,1H3,(H,36,38);1H4/b24-18-;. The lowest BCUT2D eigenvalue weighted by Gasteiger charge is -2.31. The number of carbonyl (C=O) groups is 2. The van der Waals surface area contributed by atoms with E-state index in [0.717, 1.165) is 37.1 Å². The van der Waals surface area contributed by atoms with Gasteiger partial charge in [-0.25, -0.2) is 4.39 Å². The van der Waals surface area contributed by atoms with Crippen LogP contribution in [0.25, 0.3) is 33.9 Å². The van der Waals surface area contributed by atoms with Gasteiger partial charge in [-0.3, -0.25) is 9.59 Å². The summed E-state index contributed by atoms with van der Waals surface area (Å²) in [4.78, 5) is 32.1. The van der Waals surface area contributed by atoms with Crippen molar-refractivity contribution in [2.24, 2.45) is 0 Å². The molecule has 6 rings (SSSR count). The second kappa shape index (κ2) is 11.3. The Balaban J connectivity index is 0.00000323. The predicted octanol–water partition coefficient (Wildman–Crippen LogP) is 6.44. The van der Waals surface area contributed by atoms with E-state index in [9.17, 15) is 14.0 Å². The van der Waals surface area contributed by atoms with Gasteiger partial charge in [0.2, 0.25) is 0 Å². The van der Waals surface area contributed by atoms with E-state index in [1.54, 1.807) is 36.5 Å². The zero-order valence-electron chi connectivity index (χ0n) is 21.6. The molecule has 3 N–H and O–H groups in total. The zero-order valence-corrected chi connectivity index (χ0v) is 21.6. The Bertz CT molecular complexity index is 1590. The molecule has 3 aromatic carbocycles. The lowest BCUT2D eigenvalue weighted by molar-refractivity contribution is -0.110. The van der Waals surface area contributed by atoms with Gasteiger partial charge in [0.05, 0.1) is 11.1 Å². The van der Waals surface area contributed by atoms with Gasteiger partial charge in [0, 0.05) is 47.4 Å². The smallest absolute Gasteiger partial charge is 0.256 e. The lowest BCUT2D eigenvalue weighted by atomic mass is 9.93. The van der Waals surface area contributed by atoms with Gasteiger partial charge in [0.1, 0.15) is 5.82 Å². The van der Waals surface area contributed by atoms with Gasteiger partial charge in [-0.2, -0.15) is 0 Å². The number of halogens is 1. The van der Waals surface area contributed by atoms with Crippen LogP contribution in [0.15, 0.2) is 79.0 Å². The van der Waals surface area contributed by atoms with Crippen molar-refractivity contribution in [3.05, 3.63) is 102 Å². The van der Waals surface area contributed by atoms with E-state index in [4.69, 9.17) is 0 Å². The van der Waals surface area contributed by atoms with Crippen LogP contribution in [0.1, 0.15) is 41.9 Å². The van der Waals surface area contributed by atoms with Crippen molar-refractivity contribution in [1.82, 2.24) is 15.2 Å². The highest BCUT2D eigenvalue weighted by Gasteiger charge is 2.30. The number of hydrogen-bond acceptors (Lipinski definition) is 3. The van der Waals surface area contributed by atoms with Gasteiger partial charge >= 0.3 is 0 Å². The van der Waals surface area contributed by atoms with Crippen LogP contribution in [-0.4, -0.2) is 47.9 Å². The van der Waals surface area contributed by atoms with Crippen LogP contribution in [0.4, 0.5) is 10.1 Å². The number of hydrogen-bond donors (Lipinski definition) is 3. The predicted molar refractivity (Wildman–Crippen MR) is 159 cm³/mol. The quantitative estimate of drug-likeness (QED) is 0.257. The van der Waals surface area contributed by atoms with Crippen molar-refractivity contribution in [2.45, 2.75) is 26.3 Å². The van der Waals surface area contributed by atoms with Crippen molar-refractivity contribution in [1.29, 1.82) is 0 Å². The molecule has 1 aromatic heterocycles. The summed E-state index contributed by atoms with van der Waals surface area (Å²) in [6, 6.07) is 21.9. The molecule has 0 atom stereocenters. The molecule has 7 heteroatoms. The van der Waals surface area contributed by atoms with Gasteiger partial charge in [-0.05, 0) is 55.3 Å². The average molecular weight is 537 g/mol. The fourth-order valence-electron chi connectivity index (χ4n) is 5.62. The molecule has 204 valence electrons. The summed E-state index contributed by atoms with van der Waals surface area (Å²) in [5, 5.41) is 6.27. The van der Waals surface area contributed by atoms with Crippen molar-refractivity contribution in [2.75, 3.05) is 25.5 Å². The first kappa shape index (κ1) is 27.1. The third-order valence-corrected chi connectivity index (χ3v) is 7.66. The molecule has 0 spiro atoms. The zero-order chi connectivity index (χ0) is 26.9. The molecule has 1 fully saturated rings. The Hall–Kier alpha value is -4.49. The highest BCUT2D eigenvalue weighted by Crippen LogP contribution is 2.42. The van der Waals surface area contributed by atoms with Gasteiger partial charge in [-0.1, -0.05) is 68.1 Å². The number of amides is 2. The van der Waals surface area contributed by atoms with Crippen LogP contribution in [0.5, 0.6) is 0 Å². The molecule has 4 aromatic rings. The van der Waals surface area contributed by atoms with E-state index < -0.39 is 0 Å². The molecule has 6 nitrogen and oxygen atoms in total. The second-order valence-corrected chi connectivity index (χ2v) is 9.97. The molecular weight excluding hydrogens is 503 g/mol. The molecule has 2 aliphatic heterocycles. The highest BCUT2D eigenvalue weighted by atomic mass is 19.1. The van der Waals surface area contributed by atoms with Crippen LogP contribution in [0.3, 0.4) is 0 Å². The molecule has 0 aliphatic carbocycles. The third kappa shape index (κ3) is 4.84. The van der Waals surface area contributed by atoms with Crippen LogP contribution < -0.4 is 10.6 Å². The molecule has 0 saturated carbocycles. The van der Waals surface area contributed by atoms with E-state index in [-0.39, 0.29) is 31.1 Å². The number of aromatic nitrogens is 1. The second-order valence-electron chi connectivity index (χ2n) is 9.97. The van der Waals surface area contributed by atoms with Crippen LogP contribution >= 0.6 is 0 Å².